The summed E-state index contributed by atoms with van der Waals surface area (Å²) in [6.07, 6.45) is 1.01. The highest BCUT2D eigenvalue weighted by molar-refractivity contribution is 5.51. The first-order chi connectivity index (χ1) is 14.1. The van der Waals surface area contributed by atoms with Crippen LogP contribution in [0.25, 0.3) is 0 Å². The molecule has 0 radical (unpaired) electrons. The SMILES string of the molecule is COc1cccc(OC)c1O.O=COC[C@H]1CCc2cc3c(cc2[C@H]1O)OCO3. The van der Waals surface area contributed by atoms with E-state index in [9.17, 15) is 15.0 Å². The zero-order valence-corrected chi connectivity index (χ0v) is 16.3. The van der Waals surface area contributed by atoms with Crippen LogP contribution in [0.15, 0.2) is 30.3 Å². The van der Waals surface area contributed by atoms with Crippen molar-refractivity contribution in [2.45, 2.75) is 18.9 Å². The number of benzene rings is 2. The molecule has 4 rings (SSSR count). The van der Waals surface area contributed by atoms with Crippen LogP contribution >= 0.6 is 0 Å². The lowest BCUT2D eigenvalue weighted by Gasteiger charge is -2.29. The lowest BCUT2D eigenvalue weighted by Crippen LogP contribution is -2.24. The van der Waals surface area contributed by atoms with E-state index in [1.165, 1.54) is 14.2 Å². The monoisotopic (exact) mass is 404 g/mol. The Bertz CT molecular complexity index is 829. The van der Waals surface area contributed by atoms with E-state index in [0.29, 0.717) is 23.7 Å². The Morgan fingerprint density at radius 3 is 2.41 bits per heavy atom. The third-order valence-electron chi connectivity index (χ3n) is 4.96. The average molecular weight is 404 g/mol. The van der Waals surface area contributed by atoms with E-state index in [1.54, 1.807) is 18.2 Å². The molecule has 29 heavy (non-hydrogen) atoms. The van der Waals surface area contributed by atoms with Crippen LogP contribution < -0.4 is 18.9 Å². The zero-order chi connectivity index (χ0) is 20.8. The van der Waals surface area contributed by atoms with Crippen molar-refractivity contribution in [3.63, 3.8) is 0 Å². The molecule has 1 aliphatic carbocycles. The summed E-state index contributed by atoms with van der Waals surface area (Å²) in [5.74, 6) is 2.24. The number of phenols is 1. The van der Waals surface area contributed by atoms with Gasteiger partial charge in [-0.1, -0.05) is 6.07 Å². The molecule has 156 valence electrons. The normalized spacial score (nSPS) is 18.7. The van der Waals surface area contributed by atoms with Crippen molar-refractivity contribution in [3.05, 3.63) is 41.5 Å². The summed E-state index contributed by atoms with van der Waals surface area (Å²) in [6.45, 7) is 0.895. The summed E-state index contributed by atoms with van der Waals surface area (Å²) in [6, 6.07) is 8.83. The van der Waals surface area contributed by atoms with Gasteiger partial charge in [-0.2, -0.15) is 0 Å². The van der Waals surface area contributed by atoms with Gasteiger partial charge in [0.05, 0.1) is 26.9 Å². The number of carbonyl (C=O) groups is 1. The van der Waals surface area contributed by atoms with Crippen molar-refractivity contribution in [1.29, 1.82) is 0 Å². The van der Waals surface area contributed by atoms with Gasteiger partial charge in [-0.05, 0) is 48.2 Å². The van der Waals surface area contributed by atoms with E-state index in [-0.39, 0.29) is 25.1 Å². The van der Waals surface area contributed by atoms with Gasteiger partial charge in [-0.25, -0.2) is 0 Å². The fraction of sp³-hybridized carbons (Fsp3) is 0.381. The molecule has 2 aliphatic rings. The van der Waals surface area contributed by atoms with Gasteiger partial charge in [0.2, 0.25) is 12.5 Å². The number of methoxy groups -OCH3 is 2. The Balaban J connectivity index is 0.000000188. The van der Waals surface area contributed by atoms with Crippen molar-refractivity contribution >= 4 is 6.47 Å². The van der Waals surface area contributed by atoms with Crippen molar-refractivity contribution in [2.24, 2.45) is 5.92 Å². The molecule has 0 saturated heterocycles. The second-order valence-electron chi connectivity index (χ2n) is 6.59. The zero-order valence-electron chi connectivity index (χ0n) is 16.3. The lowest BCUT2D eigenvalue weighted by atomic mass is 9.81. The second kappa shape index (κ2) is 9.38. The van der Waals surface area contributed by atoms with Gasteiger partial charge in [0.1, 0.15) is 0 Å². The average Bonchev–Trinajstić information content (AvgIpc) is 3.20. The first kappa shape index (κ1) is 20.6. The van der Waals surface area contributed by atoms with Gasteiger partial charge in [-0.15, -0.1) is 0 Å². The third-order valence-corrected chi connectivity index (χ3v) is 4.96. The smallest absolute Gasteiger partial charge is 0.293 e. The van der Waals surface area contributed by atoms with Crippen molar-refractivity contribution in [1.82, 2.24) is 0 Å². The van der Waals surface area contributed by atoms with E-state index in [1.807, 2.05) is 12.1 Å². The molecule has 2 atom stereocenters. The molecule has 0 saturated carbocycles. The minimum Gasteiger partial charge on any atom is -0.502 e. The maximum Gasteiger partial charge on any atom is 0.293 e. The molecule has 1 aliphatic heterocycles. The summed E-state index contributed by atoms with van der Waals surface area (Å²) in [5.41, 5.74) is 1.93. The summed E-state index contributed by atoms with van der Waals surface area (Å²) in [7, 11) is 2.99. The number of rotatable bonds is 5. The largest absolute Gasteiger partial charge is 0.502 e. The van der Waals surface area contributed by atoms with Gasteiger partial charge in [0, 0.05) is 5.92 Å². The number of aryl methyl sites for hydroxylation is 1. The number of ether oxygens (including phenoxy) is 5. The van der Waals surface area contributed by atoms with Crippen LogP contribution in [-0.2, 0) is 16.0 Å². The van der Waals surface area contributed by atoms with Crippen LogP contribution in [0.1, 0.15) is 23.7 Å². The molecule has 2 N–H and O–H groups in total. The van der Waals surface area contributed by atoms with Gasteiger partial charge in [0.15, 0.2) is 23.0 Å². The summed E-state index contributed by atoms with van der Waals surface area (Å²) in [5, 5.41) is 19.6. The molecule has 0 bridgehead atoms. The summed E-state index contributed by atoms with van der Waals surface area (Å²) in [4.78, 5) is 10.2. The topological polar surface area (TPSA) is 104 Å². The van der Waals surface area contributed by atoms with E-state index < -0.39 is 6.10 Å². The minimum atomic E-state index is -0.622. The fourth-order valence-corrected chi connectivity index (χ4v) is 3.41. The van der Waals surface area contributed by atoms with Crippen LogP contribution in [0.2, 0.25) is 0 Å². The number of fused-ring (bicyclic) bond motifs is 2. The van der Waals surface area contributed by atoms with E-state index in [2.05, 4.69) is 0 Å². The first-order valence-electron chi connectivity index (χ1n) is 9.14. The maximum absolute atomic E-state index is 10.3. The third kappa shape index (κ3) is 4.48. The number of hydrogen-bond donors (Lipinski definition) is 2. The Kier molecular flexibility index (Phi) is 6.66. The molecule has 0 unspecified atom stereocenters. The molecular weight excluding hydrogens is 380 g/mol. The molecule has 0 amide bonds. The Morgan fingerprint density at radius 2 is 1.79 bits per heavy atom. The molecule has 0 aromatic heterocycles. The van der Waals surface area contributed by atoms with Gasteiger partial charge < -0.3 is 33.9 Å². The van der Waals surface area contributed by atoms with Gasteiger partial charge in [0.25, 0.3) is 6.47 Å². The Hall–Kier alpha value is -3.13. The minimum absolute atomic E-state index is 0.0394. The molecule has 0 spiro atoms. The van der Waals surface area contributed by atoms with Crippen LogP contribution in [0.3, 0.4) is 0 Å². The first-order valence-corrected chi connectivity index (χ1v) is 9.14. The number of hydrogen-bond acceptors (Lipinski definition) is 8. The maximum atomic E-state index is 10.3. The Labute approximate surface area is 168 Å². The van der Waals surface area contributed by atoms with E-state index >= 15 is 0 Å². The predicted molar refractivity (Wildman–Crippen MR) is 103 cm³/mol. The van der Waals surface area contributed by atoms with Crippen molar-refractivity contribution in [2.75, 3.05) is 27.6 Å². The number of aliphatic hydroxyl groups is 1. The highest BCUT2D eigenvalue weighted by atomic mass is 16.7. The van der Waals surface area contributed by atoms with Crippen molar-refractivity contribution in [3.8, 4) is 28.7 Å². The molecule has 0 fully saturated rings. The molecule has 2 aromatic rings. The van der Waals surface area contributed by atoms with Crippen LogP contribution in [-0.4, -0.2) is 44.3 Å². The number of para-hydroxylation sites is 1. The van der Waals surface area contributed by atoms with Gasteiger partial charge >= 0.3 is 0 Å². The van der Waals surface area contributed by atoms with Crippen LogP contribution in [0, 0.1) is 5.92 Å². The summed E-state index contributed by atoms with van der Waals surface area (Å²) >= 11 is 0. The fourth-order valence-electron chi connectivity index (χ4n) is 3.41. The molecule has 8 nitrogen and oxygen atoms in total. The molecule has 1 heterocycles. The molecule has 2 aromatic carbocycles. The second-order valence-corrected chi connectivity index (χ2v) is 6.59. The standard InChI is InChI=1S/C13H14O5.C8H10O3/c14-6-16-5-9-2-1-8-3-11-12(18-7-17-11)4-10(8)13(9)15;1-10-6-4-3-5-7(11-2)8(6)9/h3-4,6,9,13,15H,1-2,5,7H2;3-5,9H,1-2H3/t9-,13+;/m1./s1. The molecular formula is C21H24O8. The predicted octanol–water partition coefficient (Wildman–Crippen LogP) is 2.59. The number of aliphatic hydroxyl groups excluding tert-OH is 1. The van der Waals surface area contributed by atoms with Gasteiger partial charge in [-0.3, -0.25) is 4.79 Å². The number of aromatic hydroxyl groups is 1. The number of carbonyl (C=O) groups excluding carboxylic acids is 1. The van der Waals surface area contributed by atoms with Crippen molar-refractivity contribution < 1.29 is 38.7 Å². The van der Waals surface area contributed by atoms with E-state index in [0.717, 1.165) is 29.7 Å². The van der Waals surface area contributed by atoms with Crippen LogP contribution in [0.4, 0.5) is 0 Å². The highest BCUT2D eigenvalue weighted by Gasteiger charge is 2.31. The Morgan fingerprint density at radius 1 is 1.14 bits per heavy atom. The lowest BCUT2D eigenvalue weighted by molar-refractivity contribution is -0.131. The summed E-state index contributed by atoms with van der Waals surface area (Å²) < 4.78 is 25.1. The quantitative estimate of drug-likeness (QED) is 0.733. The highest BCUT2D eigenvalue weighted by Crippen LogP contribution is 2.42. The van der Waals surface area contributed by atoms with E-state index in [4.69, 9.17) is 23.7 Å². The van der Waals surface area contributed by atoms with Crippen LogP contribution in [0.5, 0.6) is 28.7 Å². The number of phenolic OH excluding ortho intramolecular Hbond substituents is 1. The molecule has 8 heteroatoms.